The van der Waals surface area contributed by atoms with Crippen LogP contribution in [-0.4, -0.2) is 24.7 Å². The Hall–Kier alpha value is -3.46. The van der Waals surface area contributed by atoms with Gasteiger partial charge in [-0.15, -0.1) is 0 Å². The van der Waals surface area contributed by atoms with Gasteiger partial charge in [0.1, 0.15) is 23.1 Å². The van der Waals surface area contributed by atoms with Crippen molar-refractivity contribution in [1.82, 2.24) is 5.32 Å². The zero-order valence-electron chi connectivity index (χ0n) is 14.7. The topological polar surface area (TPSA) is 94.4 Å². The van der Waals surface area contributed by atoms with Crippen LogP contribution < -0.4 is 15.4 Å². The highest BCUT2D eigenvalue weighted by Crippen LogP contribution is 2.20. The number of nitrogens with one attached hydrogen (secondary N) is 2. The lowest BCUT2D eigenvalue weighted by molar-refractivity contribution is -0.112. The summed E-state index contributed by atoms with van der Waals surface area (Å²) >= 11 is 0. The molecule has 0 fully saturated rings. The van der Waals surface area contributed by atoms with Gasteiger partial charge in [0.2, 0.25) is 0 Å². The molecule has 26 heavy (non-hydrogen) atoms. The molecule has 0 aliphatic rings. The van der Waals surface area contributed by atoms with E-state index in [2.05, 4.69) is 10.6 Å². The third-order valence-corrected chi connectivity index (χ3v) is 3.79. The average molecular weight is 351 g/mol. The second-order valence-corrected chi connectivity index (χ2v) is 5.68. The summed E-state index contributed by atoms with van der Waals surface area (Å²) in [6.07, 6.45) is 2.16. The first-order valence-corrected chi connectivity index (χ1v) is 8.11. The first-order valence-electron chi connectivity index (χ1n) is 8.11. The van der Waals surface area contributed by atoms with Crippen LogP contribution in [0.25, 0.3) is 0 Å². The third-order valence-electron chi connectivity index (χ3n) is 3.79. The van der Waals surface area contributed by atoms with Crippen molar-refractivity contribution in [2.75, 3.05) is 19.0 Å². The Bertz CT molecular complexity index is 836. The van der Waals surface area contributed by atoms with Gasteiger partial charge in [-0.05, 0) is 54.8 Å². The van der Waals surface area contributed by atoms with Crippen LogP contribution in [0.5, 0.6) is 11.5 Å². The summed E-state index contributed by atoms with van der Waals surface area (Å²) in [5.74, 6) is 0.421. The highest BCUT2D eigenvalue weighted by atomic mass is 16.5. The number of amides is 1. The maximum Gasteiger partial charge on any atom is 0.267 e. The summed E-state index contributed by atoms with van der Waals surface area (Å²) in [4.78, 5) is 12.2. The van der Waals surface area contributed by atoms with Crippen molar-refractivity contribution in [2.24, 2.45) is 0 Å². The number of hydrogen-bond donors (Lipinski definition) is 3. The highest BCUT2D eigenvalue weighted by Gasteiger charge is 2.10. The molecule has 2 aromatic rings. The maximum atomic E-state index is 12.2. The molecule has 0 aliphatic carbocycles. The van der Waals surface area contributed by atoms with Gasteiger partial charge in [0.25, 0.3) is 5.91 Å². The van der Waals surface area contributed by atoms with E-state index in [0.717, 1.165) is 17.7 Å². The van der Waals surface area contributed by atoms with E-state index in [1.54, 1.807) is 26.2 Å². The molecule has 0 bridgehead atoms. The summed E-state index contributed by atoms with van der Waals surface area (Å²) in [6.45, 7) is 2.35. The Balaban J connectivity index is 1.90. The van der Waals surface area contributed by atoms with Gasteiger partial charge >= 0.3 is 0 Å². The van der Waals surface area contributed by atoms with E-state index >= 15 is 0 Å². The molecule has 0 saturated heterocycles. The quantitative estimate of drug-likeness (QED) is 0.309. The first kappa shape index (κ1) is 18.9. The number of aryl methyl sites for hydroxylation is 1. The molecule has 134 valence electrons. The summed E-state index contributed by atoms with van der Waals surface area (Å²) in [7, 11) is 1.62. The Labute approximate surface area is 152 Å². The van der Waals surface area contributed by atoms with Gasteiger partial charge in [-0.3, -0.25) is 4.79 Å². The van der Waals surface area contributed by atoms with Gasteiger partial charge < -0.3 is 20.5 Å². The second-order valence-electron chi connectivity index (χ2n) is 5.68. The minimum Gasteiger partial charge on any atom is -0.508 e. The number of phenolic OH excluding ortho intramolecular Hbond substituents is 1. The standard InChI is InChI=1S/C20H21N3O3/c1-14-11-17(24)5-8-19(14)23-20(25)16(12-21)13-22-10-9-15-3-6-18(26-2)7-4-15/h3-8,11,13,22,24H,9-10H2,1-2H3,(H,23,25)/b16-13-. The number of ether oxygens (including phenoxy) is 1. The molecular formula is C20H21N3O3. The average Bonchev–Trinajstić information content (AvgIpc) is 2.64. The van der Waals surface area contributed by atoms with Gasteiger partial charge in [-0.1, -0.05) is 12.1 Å². The van der Waals surface area contributed by atoms with E-state index in [0.29, 0.717) is 17.8 Å². The summed E-state index contributed by atoms with van der Waals surface area (Å²) in [6, 6.07) is 14.2. The van der Waals surface area contributed by atoms with Gasteiger partial charge in [-0.25, -0.2) is 0 Å². The maximum absolute atomic E-state index is 12.2. The number of nitriles is 1. The van der Waals surface area contributed by atoms with Crippen LogP contribution in [0.1, 0.15) is 11.1 Å². The Morgan fingerprint density at radius 1 is 1.27 bits per heavy atom. The molecule has 0 unspecified atom stereocenters. The number of hydrogen-bond acceptors (Lipinski definition) is 5. The van der Waals surface area contributed by atoms with Crippen molar-refractivity contribution < 1.29 is 14.6 Å². The number of rotatable bonds is 7. The molecule has 0 radical (unpaired) electrons. The molecular weight excluding hydrogens is 330 g/mol. The monoisotopic (exact) mass is 351 g/mol. The molecule has 0 aliphatic heterocycles. The van der Waals surface area contributed by atoms with Gasteiger partial charge in [0, 0.05) is 18.4 Å². The Morgan fingerprint density at radius 2 is 2.00 bits per heavy atom. The first-order chi connectivity index (χ1) is 12.5. The fourth-order valence-electron chi connectivity index (χ4n) is 2.31. The zero-order valence-corrected chi connectivity index (χ0v) is 14.7. The zero-order chi connectivity index (χ0) is 18.9. The van der Waals surface area contributed by atoms with Crippen molar-refractivity contribution in [3.8, 4) is 17.6 Å². The predicted octanol–water partition coefficient (Wildman–Crippen LogP) is 2.89. The number of carbonyl (C=O) groups excluding carboxylic acids is 1. The molecule has 6 nitrogen and oxygen atoms in total. The van der Waals surface area contributed by atoms with Crippen molar-refractivity contribution in [1.29, 1.82) is 5.26 Å². The van der Waals surface area contributed by atoms with Gasteiger partial charge in [-0.2, -0.15) is 5.26 Å². The lowest BCUT2D eigenvalue weighted by Crippen LogP contribution is -2.18. The summed E-state index contributed by atoms with van der Waals surface area (Å²) < 4.78 is 5.11. The smallest absolute Gasteiger partial charge is 0.267 e. The second kappa shape index (κ2) is 9.14. The summed E-state index contributed by atoms with van der Waals surface area (Å²) in [5, 5.41) is 24.2. The Kier molecular flexibility index (Phi) is 6.63. The van der Waals surface area contributed by atoms with E-state index in [4.69, 9.17) is 4.74 Å². The predicted molar refractivity (Wildman–Crippen MR) is 99.9 cm³/mol. The van der Waals surface area contributed by atoms with E-state index in [-0.39, 0.29) is 11.3 Å². The van der Waals surface area contributed by atoms with Crippen molar-refractivity contribution in [3.63, 3.8) is 0 Å². The number of aromatic hydroxyl groups is 1. The van der Waals surface area contributed by atoms with E-state index in [1.807, 2.05) is 30.3 Å². The van der Waals surface area contributed by atoms with Crippen LogP contribution in [-0.2, 0) is 11.2 Å². The number of nitrogens with zero attached hydrogens (tertiary/aromatic N) is 1. The lowest BCUT2D eigenvalue weighted by atomic mass is 10.1. The van der Waals surface area contributed by atoms with Crippen molar-refractivity contribution in [2.45, 2.75) is 13.3 Å². The molecule has 3 N–H and O–H groups in total. The van der Waals surface area contributed by atoms with Crippen LogP contribution in [0.2, 0.25) is 0 Å². The molecule has 1 amide bonds. The molecule has 0 spiro atoms. The highest BCUT2D eigenvalue weighted by molar-refractivity contribution is 6.06. The molecule has 0 aromatic heterocycles. The van der Waals surface area contributed by atoms with Crippen LogP contribution in [0.4, 0.5) is 5.69 Å². The summed E-state index contributed by atoms with van der Waals surface area (Å²) in [5.41, 5.74) is 2.36. The number of phenols is 1. The van der Waals surface area contributed by atoms with Crippen molar-refractivity contribution in [3.05, 3.63) is 65.4 Å². The van der Waals surface area contributed by atoms with E-state index in [1.165, 1.54) is 12.3 Å². The lowest BCUT2D eigenvalue weighted by Gasteiger charge is -2.08. The third kappa shape index (κ3) is 5.28. The fourth-order valence-corrected chi connectivity index (χ4v) is 2.31. The molecule has 2 rings (SSSR count). The van der Waals surface area contributed by atoms with Crippen LogP contribution in [0.15, 0.2) is 54.2 Å². The van der Waals surface area contributed by atoms with Crippen LogP contribution in [0, 0.1) is 18.3 Å². The van der Waals surface area contributed by atoms with E-state index in [9.17, 15) is 15.2 Å². The molecule has 0 saturated carbocycles. The van der Waals surface area contributed by atoms with Crippen molar-refractivity contribution >= 4 is 11.6 Å². The van der Waals surface area contributed by atoms with Crippen LogP contribution in [0.3, 0.4) is 0 Å². The number of methoxy groups -OCH3 is 1. The molecule has 0 heterocycles. The number of benzene rings is 2. The Morgan fingerprint density at radius 3 is 2.62 bits per heavy atom. The van der Waals surface area contributed by atoms with E-state index < -0.39 is 5.91 Å². The minimum atomic E-state index is -0.502. The number of carbonyl (C=O) groups is 1. The van der Waals surface area contributed by atoms with Crippen LogP contribution >= 0.6 is 0 Å². The molecule has 2 aromatic carbocycles. The SMILES string of the molecule is COc1ccc(CCN/C=C(/C#N)C(=O)Nc2ccc(O)cc2C)cc1. The van der Waals surface area contributed by atoms with Gasteiger partial charge in [0.05, 0.1) is 7.11 Å². The minimum absolute atomic E-state index is 0.0211. The van der Waals surface area contributed by atoms with Gasteiger partial charge in [0.15, 0.2) is 0 Å². The molecule has 0 atom stereocenters. The fraction of sp³-hybridized carbons (Fsp3) is 0.200. The number of anilines is 1. The normalized spacial score (nSPS) is 10.7. The molecule has 6 heteroatoms. The largest absolute Gasteiger partial charge is 0.508 e.